The Morgan fingerprint density at radius 2 is 1.57 bits per heavy atom. The molecule has 0 amide bonds. The lowest BCUT2D eigenvalue weighted by atomic mass is 10.00. The molecule has 1 aromatic carbocycles. The van der Waals surface area contributed by atoms with Gasteiger partial charge in [0.25, 0.3) is 0 Å². The molecule has 0 saturated heterocycles. The van der Waals surface area contributed by atoms with Crippen molar-refractivity contribution in [3.63, 3.8) is 0 Å². The molecule has 0 saturated carbocycles. The quantitative estimate of drug-likeness (QED) is 0.719. The predicted molar refractivity (Wildman–Crippen MR) is 92.5 cm³/mol. The maximum Gasteiger partial charge on any atom is 0.0450 e. The molecule has 120 valence electrons. The molecule has 0 bridgehead atoms. The van der Waals surface area contributed by atoms with Crippen molar-refractivity contribution in [1.82, 2.24) is 9.80 Å². The molecule has 2 unspecified atom stereocenters. The second-order valence-electron chi connectivity index (χ2n) is 5.69. The molecule has 3 nitrogen and oxygen atoms in total. The van der Waals surface area contributed by atoms with E-state index >= 15 is 0 Å². The number of nitrogens with zero attached hydrogens (tertiary/aromatic N) is 2. The summed E-state index contributed by atoms with van der Waals surface area (Å²) in [5, 5.41) is 0. The Morgan fingerprint density at radius 3 is 2.10 bits per heavy atom. The first-order valence-electron chi connectivity index (χ1n) is 8.40. The van der Waals surface area contributed by atoms with Crippen LogP contribution < -0.4 is 5.73 Å². The van der Waals surface area contributed by atoms with Gasteiger partial charge >= 0.3 is 0 Å². The lowest BCUT2D eigenvalue weighted by Crippen LogP contribution is -2.42. The normalized spacial score (nSPS) is 14.6. The van der Waals surface area contributed by atoms with E-state index < -0.39 is 0 Å². The van der Waals surface area contributed by atoms with E-state index in [9.17, 15) is 0 Å². The van der Waals surface area contributed by atoms with Crippen molar-refractivity contribution < 1.29 is 0 Å². The van der Waals surface area contributed by atoms with E-state index in [0.717, 1.165) is 26.2 Å². The zero-order chi connectivity index (χ0) is 15.7. The summed E-state index contributed by atoms with van der Waals surface area (Å²) >= 11 is 0. The van der Waals surface area contributed by atoms with Gasteiger partial charge in [-0.25, -0.2) is 0 Å². The predicted octanol–water partition coefficient (Wildman–Crippen LogP) is 3.13. The van der Waals surface area contributed by atoms with E-state index in [1.807, 2.05) is 6.07 Å². The summed E-state index contributed by atoms with van der Waals surface area (Å²) < 4.78 is 0. The van der Waals surface area contributed by atoms with Crippen LogP contribution in [0.2, 0.25) is 0 Å². The molecule has 0 aromatic heterocycles. The van der Waals surface area contributed by atoms with Crippen LogP contribution in [0.15, 0.2) is 30.3 Å². The highest BCUT2D eigenvalue weighted by Gasteiger charge is 2.20. The minimum absolute atomic E-state index is 0.0830. The Morgan fingerprint density at radius 1 is 0.952 bits per heavy atom. The van der Waals surface area contributed by atoms with Crippen LogP contribution in [0.5, 0.6) is 0 Å². The minimum Gasteiger partial charge on any atom is -0.323 e. The van der Waals surface area contributed by atoms with Crippen LogP contribution in [0.3, 0.4) is 0 Å². The van der Waals surface area contributed by atoms with Crippen molar-refractivity contribution in [1.29, 1.82) is 0 Å². The Hall–Kier alpha value is -0.900. The van der Waals surface area contributed by atoms with E-state index in [-0.39, 0.29) is 6.04 Å². The molecule has 0 aliphatic carbocycles. The molecule has 0 aliphatic rings. The molecular weight excluding hydrogens is 258 g/mol. The molecule has 2 N–H and O–H groups in total. The highest BCUT2D eigenvalue weighted by atomic mass is 15.2. The Labute approximate surface area is 131 Å². The fourth-order valence-corrected chi connectivity index (χ4v) is 2.87. The van der Waals surface area contributed by atoms with Gasteiger partial charge in [0.2, 0.25) is 0 Å². The summed E-state index contributed by atoms with van der Waals surface area (Å²) in [4.78, 5) is 4.98. The molecule has 3 heteroatoms. The standard InChI is InChI=1S/C18H33N3/c1-5-20(6-2)14-11-15-21(7-3)16(4)18(19)17-12-9-8-10-13-17/h8-10,12-13,16,18H,5-7,11,14-15,19H2,1-4H3. The highest BCUT2D eigenvalue weighted by Crippen LogP contribution is 2.18. The zero-order valence-electron chi connectivity index (χ0n) is 14.3. The van der Waals surface area contributed by atoms with Gasteiger partial charge in [-0.3, -0.25) is 4.90 Å². The van der Waals surface area contributed by atoms with Gasteiger partial charge in [-0.15, -0.1) is 0 Å². The van der Waals surface area contributed by atoms with Gasteiger partial charge in [0.15, 0.2) is 0 Å². The summed E-state index contributed by atoms with van der Waals surface area (Å²) in [6, 6.07) is 10.9. The van der Waals surface area contributed by atoms with E-state index in [1.54, 1.807) is 0 Å². The van der Waals surface area contributed by atoms with Gasteiger partial charge in [0.1, 0.15) is 0 Å². The molecule has 0 radical (unpaired) electrons. The monoisotopic (exact) mass is 291 g/mol. The van der Waals surface area contributed by atoms with Crippen molar-refractivity contribution in [2.75, 3.05) is 32.7 Å². The maximum atomic E-state index is 6.45. The summed E-state index contributed by atoms with van der Waals surface area (Å²) in [7, 11) is 0. The van der Waals surface area contributed by atoms with E-state index in [2.05, 4.69) is 61.8 Å². The molecular formula is C18H33N3. The summed E-state index contributed by atoms with van der Waals surface area (Å²) in [6.07, 6.45) is 1.21. The van der Waals surface area contributed by atoms with Gasteiger partial charge in [0.05, 0.1) is 0 Å². The number of rotatable bonds is 10. The molecule has 0 heterocycles. The van der Waals surface area contributed by atoms with Gasteiger partial charge < -0.3 is 10.6 Å². The molecule has 2 atom stereocenters. The number of hydrogen-bond donors (Lipinski definition) is 1. The fourth-order valence-electron chi connectivity index (χ4n) is 2.87. The van der Waals surface area contributed by atoms with Crippen LogP contribution in [-0.4, -0.2) is 48.6 Å². The maximum absolute atomic E-state index is 6.45. The average molecular weight is 291 g/mol. The van der Waals surface area contributed by atoms with Gasteiger partial charge in [-0.2, -0.15) is 0 Å². The first kappa shape index (κ1) is 18.1. The van der Waals surface area contributed by atoms with Crippen LogP contribution in [0.25, 0.3) is 0 Å². The lowest BCUT2D eigenvalue weighted by molar-refractivity contribution is 0.179. The van der Waals surface area contributed by atoms with Crippen molar-refractivity contribution in [3.8, 4) is 0 Å². The van der Waals surface area contributed by atoms with Crippen molar-refractivity contribution in [2.24, 2.45) is 5.73 Å². The summed E-state index contributed by atoms with van der Waals surface area (Å²) in [6.45, 7) is 14.6. The lowest BCUT2D eigenvalue weighted by Gasteiger charge is -2.33. The molecule has 1 aromatic rings. The number of hydrogen-bond acceptors (Lipinski definition) is 3. The van der Waals surface area contributed by atoms with E-state index in [0.29, 0.717) is 6.04 Å². The number of nitrogens with two attached hydrogens (primary N) is 1. The van der Waals surface area contributed by atoms with Crippen LogP contribution in [0.1, 0.15) is 45.7 Å². The summed E-state index contributed by atoms with van der Waals surface area (Å²) in [5.74, 6) is 0. The van der Waals surface area contributed by atoms with E-state index in [1.165, 1.54) is 18.5 Å². The zero-order valence-corrected chi connectivity index (χ0v) is 14.3. The number of likely N-dealkylation sites (N-methyl/N-ethyl adjacent to an activating group) is 1. The van der Waals surface area contributed by atoms with Crippen molar-refractivity contribution in [3.05, 3.63) is 35.9 Å². The van der Waals surface area contributed by atoms with Crippen LogP contribution >= 0.6 is 0 Å². The number of benzene rings is 1. The van der Waals surface area contributed by atoms with Crippen LogP contribution in [0.4, 0.5) is 0 Å². The Balaban J connectivity index is 2.51. The fraction of sp³-hybridized carbons (Fsp3) is 0.667. The largest absolute Gasteiger partial charge is 0.323 e. The first-order valence-corrected chi connectivity index (χ1v) is 8.40. The third-order valence-corrected chi connectivity index (χ3v) is 4.50. The van der Waals surface area contributed by atoms with Crippen molar-refractivity contribution in [2.45, 2.75) is 46.2 Å². The van der Waals surface area contributed by atoms with Gasteiger partial charge in [0, 0.05) is 12.1 Å². The van der Waals surface area contributed by atoms with E-state index in [4.69, 9.17) is 5.73 Å². The topological polar surface area (TPSA) is 32.5 Å². The third kappa shape index (κ3) is 5.77. The first-order chi connectivity index (χ1) is 10.1. The smallest absolute Gasteiger partial charge is 0.0450 e. The summed E-state index contributed by atoms with van der Waals surface area (Å²) in [5.41, 5.74) is 7.68. The second-order valence-corrected chi connectivity index (χ2v) is 5.69. The Bertz CT molecular complexity index is 362. The minimum atomic E-state index is 0.0830. The average Bonchev–Trinajstić information content (AvgIpc) is 2.55. The Kier molecular flexibility index (Phi) is 8.58. The highest BCUT2D eigenvalue weighted by molar-refractivity contribution is 5.19. The molecule has 0 spiro atoms. The second kappa shape index (κ2) is 9.93. The molecule has 21 heavy (non-hydrogen) atoms. The van der Waals surface area contributed by atoms with Crippen molar-refractivity contribution >= 4 is 0 Å². The third-order valence-electron chi connectivity index (χ3n) is 4.50. The molecule has 0 fully saturated rings. The van der Waals surface area contributed by atoms with Gasteiger partial charge in [-0.05, 0) is 51.6 Å². The SMILES string of the molecule is CCN(CC)CCCN(CC)C(C)C(N)c1ccccc1. The van der Waals surface area contributed by atoms with Crippen LogP contribution in [0, 0.1) is 0 Å². The van der Waals surface area contributed by atoms with Crippen LogP contribution in [-0.2, 0) is 0 Å². The molecule has 0 aliphatic heterocycles. The van der Waals surface area contributed by atoms with Gasteiger partial charge in [-0.1, -0.05) is 51.1 Å². The molecule has 1 rings (SSSR count).